The van der Waals surface area contributed by atoms with Crippen molar-refractivity contribution >= 4 is 27.8 Å². The van der Waals surface area contributed by atoms with Crippen LogP contribution in [0.1, 0.15) is 11.1 Å². The van der Waals surface area contributed by atoms with Crippen LogP contribution in [-0.4, -0.2) is 28.9 Å². The lowest BCUT2D eigenvalue weighted by Gasteiger charge is -2.10. The van der Waals surface area contributed by atoms with Crippen molar-refractivity contribution in [3.05, 3.63) is 82.9 Å². The van der Waals surface area contributed by atoms with Crippen LogP contribution < -0.4 is 19.0 Å². The average Bonchev–Trinajstić information content (AvgIpc) is 2.77. The van der Waals surface area contributed by atoms with Crippen molar-refractivity contribution in [2.75, 3.05) is 14.2 Å². The molecule has 0 atom stereocenters. The third kappa shape index (κ3) is 6.13. The highest BCUT2D eigenvalue weighted by Crippen LogP contribution is 2.28. The van der Waals surface area contributed by atoms with Gasteiger partial charge in [0.2, 0.25) is 0 Å². The monoisotopic (exact) mass is 460 g/mol. The molecule has 0 unspecified atom stereocenters. The molecule has 0 bridgehead atoms. The Balaban J connectivity index is 1.69. The second kappa shape index (κ2) is 10.2. The summed E-state index contributed by atoms with van der Waals surface area (Å²) in [6, 6.07) is 19.0. The Bertz CT molecular complexity index is 1180. The lowest BCUT2D eigenvalue weighted by molar-refractivity contribution is 0.306. The van der Waals surface area contributed by atoms with Crippen LogP contribution in [-0.2, 0) is 16.6 Å². The molecule has 0 radical (unpaired) electrons. The van der Waals surface area contributed by atoms with Gasteiger partial charge in [-0.05, 0) is 47.5 Å². The number of rotatable bonds is 9. The van der Waals surface area contributed by atoms with Crippen LogP contribution in [0, 0.1) is 0 Å². The Kier molecular flexibility index (Phi) is 7.38. The molecule has 0 aliphatic heterocycles. The Labute approximate surface area is 186 Å². The second-order valence-electron chi connectivity index (χ2n) is 6.36. The molecule has 0 spiro atoms. The molecule has 0 aromatic heterocycles. The number of hydrogen-bond donors (Lipinski definition) is 1. The van der Waals surface area contributed by atoms with Crippen molar-refractivity contribution in [2.24, 2.45) is 5.10 Å². The van der Waals surface area contributed by atoms with Crippen molar-refractivity contribution in [3.63, 3.8) is 0 Å². The number of sulfonamides is 1. The summed E-state index contributed by atoms with van der Waals surface area (Å²) in [5, 5.41) is 4.50. The zero-order valence-corrected chi connectivity index (χ0v) is 18.5. The van der Waals surface area contributed by atoms with Crippen LogP contribution in [0.25, 0.3) is 0 Å². The van der Waals surface area contributed by atoms with E-state index in [9.17, 15) is 8.42 Å². The van der Waals surface area contributed by atoms with E-state index in [4.69, 9.17) is 25.8 Å². The molecule has 31 heavy (non-hydrogen) atoms. The minimum Gasteiger partial charge on any atom is -0.497 e. The fraction of sp³-hybridized carbons (Fsp3) is 0.136. The predicted molar refractivity (Wildman–Crippen MR) is 120 cm³/mol. The van der Waals surface area contributed by atoms with Crippen molar-refractivity contribution in [3.8, 4) is 17.2 Å². The Morgan fingerprint density at radius 3 is 2.52 bits per heavy atom. The maximum Gasteiger partial charge on any atom is 0.280 e. The molecule has 0 heterocycles. The summed E-state index contributed by atoms with van der Waals surface area (Å²) in [6.07, 6.45) is 1.39. The van der Waals surface area contributed by atoms with Gasteiger partial charge in [-0.3, -0.25) is 0 Å². The molecule has 162 valence electrons. The summed E-state index contributed by atoms with van der Waals surface area (Å²) in [6.45, 7) is 0.351. The summed E-state index contributed by atoms with van der Waals surface area (Å²) < 4.78 is 41.2. The molecule has 3 aromatic rings. The first-order valence-corrected chi connectivity index (χ1v) is 11.0. The average molecular weight is 461 g/mol. The quantitative estimate of drug-likeness (QED) is 0.381. The van der Waals surface area contributed by atoms with Crippen molar-refractivity contribution in [1.29, 1.82) is 0 Å². The number of methoxy groups -OCH3 is 2. The molecule has 1 N–H and O–H groups in total. The van der Waals surface area contributed by atoms with Gasteiger partial charge in [-0.2, -0.15) is 18.4 Å². The van der Waals surface area contributed by atoms with Crippen LogP contribution in [0.15, 0.2) is 76.7 Å². The molecule has 3 aromatic carbocycles. The summed E-state index contributed by atoms with van der Waals surface area (Å²) >= 11 is 5.98. The molecular weight excluding hydrogens is 440 g/mol. The molecule has 0 aliphatic rings. The summed E-state index contributed by atoms with van der Waals surface area (Å²) in [5.74, 6) is 1.18. The normalized spacial score (nSPS) is 11.3. The van der Waals surface area contributed by atoms with Gasteiger partial charge in [-0.25, -0.2) is 0 Å². The highest BCUT2D eigenvalue weighted by Gasteiger charge is 2.20. The zero-order chi connectivity index (χ0) is 22.3. The van der Waals surface area contributed by atoms with Gasteiger partial charge < -0.3 is 14.2 Å². The molecule has 0 aliphatic carbocycles. The van der Waals surface area contributed by atoms with E-state index >= 15 is 0 Å². The lowest BCUT2D eigenvalue weighted by atomic mass is 10.2. The Morgan fingerprint density at radius 1 is 0.968 bits per heavy atom. The molecule has 0 saturated heterocycles. The topological polar surface area (TPSA) is 86.2 Å². The standard InChI is InChI=1S/C22H21ClN2O5S/c1-28-19-9-10-21(29-2)22(13-19)31(26,27)25-24-14-16-5-4-8-20(12-16)30-15-17-6-3-7-18(23)11-17/h3-14,25H,15H2,1-2H3/b24-14+. The van der Waals surface area contributed by atoms with E-state index in [1.807, 2.05) is 18.2 Å². The van der Waals surface area contributed by atoms with Gasteiger partial charge in [0.1, 0.15) is 28.8 Å². The van der Waals surface area contributed by atoms with Gasteiger partial charge >= 0.3 is 0 Å². The smallest absolute Gasteiger partial charge is 0.280 e. The van der Waals surface area contributed by atoms with E-state index in [-0.39, 0.29) is 10.6 Å². The fourth-order valence-corrected chi connectivity index (χ4v) is 3.88. The SMILES string of the molecule is COc1ccc(OC)c(S(=O)(=O)N/N=C/c2cccc(OCc3cccc(Cl)c3)c2)c1. The molecule has 0 fully saturated rings. The summed E-state index contributed by atoms with van der Waals surface area (Å²) in [5.41, 5.74) is 1.59. The third-order valence-corrected chi connectivity index (χ3v) is 5.68. The predicted octanol–water partition coefficient (Wildman–Crippen LogP) is 4.25. The number of nitrogens with one attached hydrogen (secondary N) is 1. The van der Waals surface area contributed by atoms with Crippen molar-refractivity contribution in [2.45, 2.75) is 11.5 Å². The van der Waals surface area contributed by atoms with E-state index < -0.39 is 10.0 Å². The van der Waals surface area contributed by atoms with E-state index in [1.54, 1.807) is 36.4 Å². The summed E-state index contributed by atoms with van der Waals surface area (Å²) in [4.78, 5) is 2.11. The summed E-state index contributed by atoms with van der Waals surface area (Å²) in [7, 11) is -1.13. The van der Waals surface area contributed by atoms with E-state index in [1.165, 1.54) is 32.6 Å². The number of hydrazone groups is 1. The van der Waals surface area contributed by atoms with Gasteiger partial charge in [-0.1, -0.05) is 35.9 Å². The zero-order valence-electron chi connectivity index (χ0n) is 16.9. The van der Waals surface area contributed by atoms with Gasteiger partial charge in [0.25, 0.3) is 10.0 Å². The third-order valence-electron chi connectivity index (χ3n) is 4.20. The molecule has 0 amide bonds. The molecular formula is C22H21ClN2O5S. The van der Waals surface area contributed by atoms with Crippen LogP contribution in [0.4, 0.5) is 0 Å². The van der Waals surface area contributed by atoms with E-state index in [0.717, 1.165) is 5.56 Å². The van der Waals surface area contributed by atoms with Crippen LogP contribution >= 0.6 is 11.6 Å². The van der Waals surface area contributed by atoms with Crippen molar-refractivity contribution < 1.29 is 22.6 Å². The second-order valence-corrected chi connectivity index (χ2v) is 8.43. The van der Waals surface area contributed by atoms with Gasteiger partial charge in [0.05, 0.1) is 20.4 Å². The number of benzene rings is 3. The van der Waals surface area contributed by atoms with E-state index in [2.05, 4.69) is 9.93 Å². The molecule has 0 saturated carbocycles. The van der Waals surface area contributed by atoms with Gasteiger partial charge in [-0.15, -0.1) is 0 Å². The number of halogens is 1. The molecule has 7 nitrogen and oxygen atoms in total. The first-order valence-electron chi connectivity index (χ1n) is 9.15. The number of nitrogens with zero attached hydrogens (tertiary/aromatic N) is 1. The minimum absolute atomic E-state index is 0.0786. The molecule has 9 heteroatoms. The maximum absolute atomic E-state index is 12.6. The highest BCUT2D eigenvalue weighted by atomic mass is 35.5. The van der Waals surface area contributed by atoms with Crippen molar-refractivity contribution in [1.82, 2.24) is 4.83 Å². The highest BCUT2D eigenvalue weighted by molar-refractivity contribution is 7.89. The van der Waals surface area contributed by atoms with E-state index in [0.29, 0.717) is 28.7 Å². The first-order chi connectivity index (χ1) is 14.9. The van der Waals surface area contributed by atoms with Crippen LogP contribution in [0.3, 0.4) is 0 Å². The van der Waals surface area contributed by atoms with Gasteiger partial charge in [0.15, 0.2) is 0 Å². The lowest BCUT2D eigenvalue weighted by Crippen LogP contribution is -2.19. The largest absolute Gasteiger partial charge is 0.497 e. The van der Waals surface area contributed by atoms with Crippen LogP contribution in [0.2, 0.25) is 5.02 Å². The minimum atomic E-state index is -3.96. The van der Waals surface area contributed by atoms with Crippen LogP contribution in [0.5, 0.6) is 17.2 Å². The fourth-order valence-electron chi connectivity index (χ4n) is 2.69. The molecule has 3 rings (SSSR count). The maximum atomic E-state index is 12.6. The van der Waals surface area contributed by atoms with Gasteiger partial charge in [0, 0.05) is 11.1 Å². The first kappa shape index (κ1) is 22.5. The number of ether oxygens (including phenoxy) is 3. The Morgan fingerprint density at radius 2 is 1.77 bits per heavy atom. The number of hydrogen-bond acceptors (Lipinski definition) is 6. The Hall–Kier alpha value is -3.23.